The van der Waals surface area contributed by atoms with Gasteiger partial charge in [0.25, 0.3) is 0 Å². The van der Waals surface area contributed by atoms with Crippen LogP contribution in [0.15, 0.2) is 70.5 Å². The molecule has 0 aliphatic heterocycles. The van der Waals surface area contributed by atoms with Crippen LogP contribution >= 0.6 is 23.5 Å². The minimum absolute atomic E-state index is 0.514. The highest BCUT2D eigenvalue weighted by Gasteiger charge is 2.47. The zero-order chi connectivity index (χ0) is 29.7. The molecule has 0 N–H and O–H groups in total. The SMILES string of the molecule is CC(=O)OC[C@@H](OC(C)=O)[C@H](OC(C)=O)[C@H](OC(C)=O)[C@@H](OC(C)=O)C(Sc1ccccc1)Sc1ccccc1. The molecule has 40 heavy (non-hydrogen) atoms. The molecule has 0 unspecified atom stereocenters. The van der Waals surface area contributed by atoms with Crippen molar-refractivity contribution in [3.05, 3.63) is 60.7 Å². The smallest absolute Gasteiger partial charge is 0.303 e. The summed E-state index contributed by atoms with van der Waals surface area (Å²) >= 11 is 2.66. The molecule has 0 radical (unpaired) electrons. The summed E-state index contributed by atoms with van der Waals surface area (Å²) in [6.45, 7) is 5.21. The first-order valence-electron chi connectivity index (χ1n) is 12.2. The quantitative estimate of drug-likeness (QED) is 0.135. The second-order valence-electron chi connectivity index (χ2n) is 8.40. The standard InChI is InChI=1S/C28H32O10S2/c1-17(29)34-16-24(35-18(2)30)25(36-19(3)31)26(37-20(4)32)27(38-21(5)33)28(39-22-12-8-6-9-13-22)40-23-14-10-7-11-15-23/h6-15,24-28H,16H2,1-5H3/t24-,25+,26+,27-/m1/s1. The molecule has 2 rings (SSSR count). The lowest BCUT2D eigenvalue weighted by molar-refractivity contribution is -0.201. The molecule has 0 aliphatic rings. The molecule has 0 aliphatic carbocycles. The van der Waals surface area contributed by atoms with Gasteiger partial charge in [0.15, 0.2) is 24.4 Å². The number of thioether (sulfide) groups is 2. The summed E-state index contributed by atoms with van der Waals surface area (Å²) in [6.07, 6.45) is -5.61. The highest BCUT2D eigenvalue weighted by atomic mass is 32.2. The second-order valence-corrected chi connectivity index (χ2v) is 11.1. The molecular formula is C28H32O10S2. The number of carbonyl (C=O) groups excluding carboxylic acids is 5. The van der Waals surface area contributed by atoms with E-state index < -0.39 is 65.5 Å². The highest BCUT2D eigenvalue weighted by Crippen LogP contribution is 2.41. The molecule has 216 valence electrons. The van der Waals surface area contributed by atoms with Crippen molar-refractivity contribution in [3.8, 4) is 0 Å². The molecule has 0 aromatic heterocycles. The van der Waals surface area contributed by atoms with Gasteiger partial charge in [0.05, 0.1) is 0 Å². The van der Waals surface area contributed by atoms with Crippen LogP contribution in [0.25, 0.3) is 0 Å². The summed E-state index contributed by atoms with van der Waals surface area (Å²) < 4.78 is 26.7. The Hall–Kier alpha value is -3.51. The molecule has 0 saturated heterocycles. The predicted molar refractivity (Wildman–Crippen MR) is 147 cm³/mol. The Balaban J connectivity index is 2.68. The van der Waals surface area contributed by atoms with E-state index in [-0.39, 0.29) is 0 Å². The van der Waals surface area contributed by atoms with Crippen LogP contribution in [0.1, 0.15) is 34.6 Å². The Kier molecular flexibility index (Phi) is 13.5. The van der Waals surface area contributed by atoms with Gasteiger partial charge in [-0.25, -0.2) is 0 Å². The Bertz CT molecular complexity index is 1100. The summed E-state index contributed by atoms with van der Waals surface area (Å²) in [7, 11) is 0. The van der Waals surface area contributed by atoms with Gasteiger partial charge in [-0.05, 0) is 24.3 Å². The Morgan fingerprint density at radius 1 is 0.550 bits per heavy atom. The van der Waals surface area contributed by atoms with E-state index in [2.05, 4.69) is 0 Å². The topological polar surface area (TPSA) is 132 Å². The molecule has 2 aromatic rings. The third kappa shape index (κ3) is 11.7. The molecule has 0 amide bonds. The number of esters is 5. The normalized spacial score (nSPS) is 13.8. The zero-order valence-electron chi connectivity index (χ0n) is 22.8. The fourth-order valence-electron chi connectivity index (χ4n) is 3.56. The van der Waals surface area contributed by atoms with Gasteiger partial charge in [-0.3, -0.25) is 24.0 Å². The molecule has 0 spiro atoms. The van der Waals surface area contributed by atoms with E-state index in [4.69, 9.17) is 23.7 Å². The average Bonchev–Trinajstić information content (AvgIpc) is 2.87. The minimum atomic E-state index is -1.51. The van der Waals surface area contributed by atoms with E-state index in [0.717, 1.165) is 37.5 Å². The van der Waals surface area contributed by atoms with Crippen LogP contribution in [0.4, 0.5) is 0 Å². The fraction of sp³-hybridized carbons (Fsp3) is 0.393. The summed E-state index contributed by atoms with van der Waals surface area (Å²) in [6, 6.07) is 18.5. The lowest BCUT2D eigenvalue weighted by Crippen LogP contribution is -2.55. The molecule has 4 atom stereocenters. The van der Waals surface area contributed by atoms with Crippen LogP contribution < -0.4 is 0 Å². The number of rotatable bonds is 14. The van der Waals surface area contributed by atoms with Crippen molar-refractivity contribution in [1.82, 2.24) is 0 Å². The van der Waals surface area contributed by atoms with Gasteiger partial charge in [0, 0.05) is 44.4 Å². The van der Waals surface area contributed by atoms with Gasteiger partial charge in [0.2, 0.25) is 0 Å². The van der Waals surface area contributed by atoms with Gasteiger partial charge >= 0.3 is 29.8 Å². The van der Waals surface area contributed by atoms with Crippen LogP contribution in [0.3, 0.4) is 0 Å². The predicted octanol–water partition coefficient (Wildman–Crippen LogP) is 4.19. The van der Waals surface area contributed by atoms with Crippen LogP contribution in [-0.4, -0.2) is 65.5 Å². The van der Waals surface area contributed by atoms with Gasteiger partial charge in [-0.1, -0.05) is 36.4 Å². The molecule has 2 aromatic carbocycles. The highest BCUT2D eigenvalue weighted by molar-refractivity contribution is 8.17. The van der Waals surface area contributed by atoms with E-state index in [0.29, 0.717) is 0 Å². The monoisotopic (exact) mass is 592 g/mol. The van der Waals surface area contributed by atoms with Crippen molar-refractivity contribution >= 4 is 53.4 Å². The first-order chi connectivity index (χ1) is 19.0. The van der Waals surface area contributed by atoms with Crippen molar-refractivity contribution in [3.63, 3.8) is 0 Å². The Morgan fingerprint density at radius 2 is 0.950 bits per heavy atom. The number of hydrogen-bond acceptors (Lipinski definition) is 12. The average molecular weight is 593 g/mol. The first kappa shape index (κ1) is 32.7. The first-order valence-corrected chi connectivity index (χ1v) is 14.0. The van der Waals surface area contributed by atoms with E-state index in [1.807, 2.05) is 60.7 Å². The number of hydrogen-bond donors (Lipinski definition) is 0. The third-order valence-corrected chi connectivity index (χ3v) is 7.61. The van der Waals surface area contributed by atoms with Crippen LogP contribution in [0.2, 0.25) is 0 Å². The molecule has 0 fully saturated rings. The Labute approximate surface area is 241 Å². The summed E-state index contributed by atoms with van der Waals surface area (Å²) in [5, 5.41) is 0. The maximum Gasteiger partial charge on any atom is 0.303 e. The van der Waals surface area contributed by atoms with Gasteiger partial charge in [0.1, 0.15) is 11.2 Å². The molecule has 10 nitrogen and oxygen atoms in total. The van der Waals surface area contributed by atoms with Crippen molar-refractivity contribution in [2.24, 2.45) is 0 Å². The number of carbonyl (C=O) groups is 5. The number of benzene rings is 2. The van der Waals surface area contributed by atoms with Crippen LogP contribution in [0, 0.1) is 0 Å². The van der Waals surface area contributed by atoms with Crippen molar-refractivity contribution < 1.29 is 47.7 Å². The fourth-order valence-corrected chi connectivity index (χ4v) is 6.27. The second kappa shape index (κ2) is 16.6. The maximum absolute atomic E-state index is 12.4. The molecular weight excluding hydrogens is 560 g/mol. The van der Waals surface area contributed by atoms with Crippen LogP contribution in [-0.2, 0) is 47.7 Å². The van der Waals surface area contributed by atoms with Gasteiger partial charge in [-0.15, -0.1) is 23.5 Å². The summed E-state index contributed by atoms with van der Waals surface area (Å²) in [4.78, 5) is 62.2. The summed E-state index contributed by atoms with van der Waals surface area (Å²) in [5.74, 6) is -3.72. The summed E-state index contributed by atoms with van der Waals surface area (Å²) in [5.41, 5.74) is 0. The number of ether oxygens (including phenoxy) is 5. The van der Waals surface area contributed by atoms with Gasteiger partial charge in [-0.2, -0.15) is 0 Å². The van der Waals surface area contributed by atoms with Crippen molar-refractivity contribution in [2.75, 3.05) is 6.61 Å². The maximum atomic E-state index is 12.4. The Morgan fingerprint density at radius 3 is 1.35 bits per heavy atom. The largest absolute Gasteiger partial charge is 0.462 e. The lowest BCUT2D eigenvalue weighted by atomic mass is 10.0. The molecule has 0 bridgehead atoms. The molecule has 12 heteroatoms. The zero-order valence-corrected chi connectivity index (χ0v) is 24.4. The van der Waals surface area contributed by atoms with Crippen LogP contribution in [0.5, 0.6) is 0 Å². The van der Waals surface area contributed by atoms with E-state index in [1.165, 1.54) is 30.4 Å². The third-order valence-electron chi connectivity index (χ3n) is 4.95. The van der Waals surface area contributed by atoms with Crippen molar-refractivity contribution in [1.29, 1.82) is 0 Å². The lowest BCUT2D eigenvalue weighted by Gasteiger charge is -2.38. The van der Waals surface area contributed by atoms with E-state index in [1.54, 1.807) is 0 Å². The van der Waals surface area contributed by atoms with Crippen molar-refractivity contribution in [2.45, 2.75) is 73.4 Å². The minimum Gasteiger partial charge on any atom is -0.462 e. The van der Waals surface area contributed by atoms with E-state index in [9.17, 15) is 24.0 Å². The van der Waals surface area contributed by atoms with Gasteiger partial charge < -0.3 is 23.7 Å². The van der Waals surface area contributed by atoms with E-state index >= 15 is 0 Å². The molecule has 0 saturated carbocycles. The molecule has 0 heterocycles.